The number of hydrogen-bond acceptors (Lipinski definition) is 5. The van der Waals surface area contributed by atoms with Gasteiger partial charge in [0, 0.05) is 24.8 Å². The summed E-state index contributed by atoms with van der Waals surface area (Å²) in [4.78, 5) is 20.6. The van der Waals surface area contributed by atoms with E-state index in [1.165, 1.54) is 17.4 Å². The zero-order chi connectivity index (χ0) is 14.7. The Morgan fingerprint density at radius 3 is 3.00 bits per heavy atom. The predicted molar refractivity (Wildman–Crippen MR) is 81.9 cm³/mol. The fourth-order valence-corrected chi connectivity index (χ4v) is 2.54. The molecule has 0 unspecified atom stereocenters. The van der Waals surface area contributed by atoms with Crippen LogP contribution < -0.4 is 0 Å². The van der Waals surface area contributed by atoms with Gasteiger partial charge < -0.3 is 0 Å². The summed E-state index contributed by atoms with van der Waals surface area (Å²) in [6, 6.07) is 5.70. The lowest BCUT2D eigenvalue weighted by molar-refractivity contribution is 0.104. The zero-order valence-electron chi connectivity index (χ0n) is 11.3. The summed E-state index contributed by atoms with van der Waals surface area (Å²) in [7, 11) is 1.78. The molecule has 5 nitrogen and oxygen atoms in total. The normalized spacial score (nSPS) is 11.1. The molecule has 21 heavy (non-hydrogen) atoms. The third kappa shape index (κ3) is 3.11. The van der Waals surface area contributed by atoms with Gasteiger partial charge in [-0.3, -0.25) is 14.5 Å². The molecule has 0 bridgehead atoms. The van der Waals surface area contributed by atoms with Gasteiger partial charge in [0.1, 0.15) is 5.01 Å². The van der Waals surface area contributed by atoms with Crippen LogP contribution in [0.3, 0.4) is 0 Å². The third-order valence-corrected chi connectivity index (χ3v) is 3.68. The first kappa shape index (κ1) is 13.4. The van der Waals surface area contributed by atoms with Gasteiger partial charge in [0.15, 0.2) is 5.78 Å². The highest BCUT2D eigenvalue weighted by atomic mass is 32.1. The summed E-state index contributed by atoms with van der Waals surface area (Å²) in [5, 5.41) is 6.71. The van der Waals surface area contributed by atoms with Gasteiger partial charge in [0.25, 0.3) is 0 Å². The molecule has 0 spiro atoms. The average Bonchev–Trinajstić information content (AvgIpc) is 3.15. The molecule has 0 aliphatic rings. The van der Waals surface area contributed by atoms with Gasteiger partial charge >= 0.3 is 0 Å². The maximum Gasteiger partial charge on any atom is 0.189 e. The summed E-state index contributed by atoms with van der Waals surface area (Å²) in [6.45, 7) is 0. The number of carbonyl (C=O) groups is 1. The minimum atomic E-state index is -0.0875. The maximum atomic E-state index is 11.9. The van der Waals surface area contributed by atoms with Gasteiger partial charge in [-0.15, -0.1) is 11.3 Å². The number of pyridine rings is 1. The lowest BCUT2D eigenvalue weighted by Gasteiger charge is -1.92. The summed E-state index contributed by atoms with van der Waals surface area (Å²) >= 11 is 1.50. The second kappa shape index (κ2) is 5.80. The number of rotatable bonds is 4. The van der Waals surface area contributed by atoms with Crippen molar-refractivity contribution in [3.05, 3.63) is 59.5 Å². The Morgan fingerprint density at radius 2 is 2.29 bits per heavy atom. The van der Waals surface area contributed by atoms with Crippen LogP contribution in [0, 0.1) is 0 Å². The molecule has 3 aromatic rings. The Hall–Kier alpha value is -2.60. The molecule has 104 valence electrons. The van der Waals surface area contributed by atoms with Gasteiger partial charge in [-0.05, 0) is 24.3 Å². The number of nitrogens with zero attached hydrogens (tertiary/aromatic N) is 4. The highest BCUT2D eigenvalue weighted by molar-refractivity contribution is 7.13. The van der Waals surface area contributed by atoms with Gasteiger partial charge in [-0.25, -0.2) is 4.98 Å². The SMILES string of the molecule is Cn1cc(C(=O)C=Cc2csc(-c3ccccn3)n2)cn1. The average molecular weight is 296 g/mol. The van der Waals surface area contributed by atoms with Crippen LogP contribution in [0.15, 0.2) is 48.2 Å². The van der Waals surface area contributed by atoms with E-state index in [1.54, 1.807) is 36.4 Å². The molecule has 0 aromatic carbocycles. The molecule has 0 radical (unpaired) electrons. The number of thiazole rings is 1. The monoisotopic (exact) mass is 296 g/mol. The summed E-state index contributed by atoms with van der Waals surface area (Å²) < 4.78 is 1.60. The zero-order valence-corrected chi connectivity index (χ0v) is 12.1. The van der Waals surface area contributed by atoms with Gasteiger partial charge in [0.05, 0.1) is 23.1 Å². The van der Waals surface area contributed by atoms with Gasteiger partial charge in [0.2, 0.25) is 0 Å². The largest absolute Gasteiger partial charge is 0.289 e. The van der Waals surface area contributed by atoms with Crippen molar-refractivity contribution in [1.29, 1.82) is 0 Å². The molecule has 0 aliphatic heterocycles. The van der Waals surface area contributed by atoms with E-state index in [0.29, 0.717) is 5.56 Å². The van der Waals surface area contributed by atoms with Crippen LogP contribution in [0.25, 0.3) is 16.8 Å². The molecule has 0 aliphatic carbocycles. The second-order valence-electron chi connectivity index (χ2n) is 4.39. The molecule has 0 amide bonds. The fourth-order valence-electron chi connectivity index (χ4n) is 1.78. The topological polar surface area (TPSA) is 60.7 Å². The van der Waals surface area contributed by atoms with E-state index in [0.717, 1.165) is 16.4 Å². The highest BCUT2D eigenvalue weighted by Crippen LogP contribution is 2.21. The first-order valence-corrected chi connectivity index (χ1v) is 7.18. The number of carbonyl (C=O) groups excluding carboxylic acids is 1. The fraction of sp³-hybridized carbons (Fsp3) is 0.0667. The van der Waals surface area contributed by atoms with Gasteiger partial charge in [-0.2, -0.15) is 5.10 Å². The van der Waals surface area contributed by atoms with E-state index in [2.05, 4.69) is 15.1 Å². The Bertz CT molecular complexity index is 789. The van der Waals surface area contributed by atoms with E-state index in [9.17, 15) is 4.79 Å². The molecule has 0 fully saturated rings. The van der Waals surface area contributed by atoms with Crippen molar-refractivity contribution in [1.82, 2.24) is 19.7 Å². The lowest BCUT2D eigenvalue weighted by Crippen LogP contribution is -1.91. The van der Waals surface area contributed by atoms with E-state index >= 15 is 0 Å². The summed E-state index contributed by atoms with van der Waals surface area (Å²) in [6.07, 6.45) is 8.19. The Labute approximate surface area is 125 Å². The molecular formula is C15H12N4OS. The number of ketones is 1. The molecule has 0 N–H and O–H groups in total. The smallest absolute Gasteiger partial charge is 0.189 e. The first-order chi connectivity index (χ1) is 10.2. The molecule has 0 saturated carbocycles. The second-order valence-corrected chi connectivity index (χ2v) is 5.25. The van der Waals surface area contributed by atoms with Crippen molar-refractivity contribution in [2.24, 2.45) is 7.05 Å². The van der Waals surface area contributed by atoms with Crippen molar-refractivity contribution in [2.45, 2.75) is 0 Å². The molecule has 3 rings (SSSR count). The number of aromatic nitrogens is 4. The molecule has 3 heterocycles. The van der Waals surface area contributed by atoms with Gasteiger partial charge in [-0.1, -0.05) is 6.07 Å². The van der Waals surface area contributed by atoms with E-state index in [4.69, 9.17) is 0 Å². The predicted octanol–water partition coefficient (Wildman–Crippen LogP) is 2.83. The molecule has 3 aromatic heterocycles. The highest BCUT2D eigenvalue weighted by Gasteiger charge is 2.06. The minimum absolute atomic E-state index is 0.0875. The summed E-state index contributed by atoms with van der Waals surface area (Å²) in [5.41, 5.74) is 2.15. The van der Waals surface area contributed by atoms with Crippen molar-refractivity contribution >= 4 is 23.2 Å². The standard InChI is InChI=1S/C15H12N4OS/c1-19-9-11(8-17-19)14(20)6-5-12-10-21-15(18-12)13-4-2-3-7-16-13/h2-10H,1H3. The van der Waals surface area contributed by atoms with Crippen molar-refractivity contribution in [3.63, 3.8) is 0 Å². The molecule has 0 saturated heterocycles. The van der Waals surface area contributed by atoms with E-state index < -0.39 is 0 Å². The van der Waals surface area contributed by atoms with Crippen LogP contribution >= 0.6 is 11.3 Å². The van der Waals surface area contributed by atoms with E-state index in [-0.39, 0.29) is 5.78 Å². The quantitative estimate of drug-likeness (QED) is 0.548. The van der Waals surface area contributed by atoms with Crippen molar-refractivity contribution in [2.75, 3.05) is 0 Å². The van der Waals surface area contributed by atoms with Crippen LogP contribution in [0.5, 0.6) is 0 Å². The maximum absolute atomic E-state index is 11.9. The molecular weight excluding hydrogens is 284 g/mol. The molecule has 6 heteroatoms. The lowest BCUT2D eigenvalue weighted by atomic mass is 10.2. The minimum Gasteiger partial charge on any atom is -0.289 e. The van der Waals surface area contributed by atoms with Crippen LogP contribution in [-0.4, -0.2) is 25.5 Å². The third-order valence-electron chi connectivity index (χ3n) is 2.80. The number of aryl methyl sites for hydroxylation is 1. The Kier molecular flexibility index (Phi) is 3.70. The van der Waals surface area contributed by atoms with Crippen molar-refractivity contribution in [3.8, 4) is 10.7 Å². The summed E-state index contributed by atoms with van der Waals surface area (Å²) in [5.74, 6) is -0.0875. The Balaban J connectivity index is 1.75. The van der Waals surface area contributed by atoms with Crippen LogP contribution in [0.4, 0.5) is 0 Å². The Morgan fingerprint density at radius 1 is 1.38 bits per heavy atom. The van der Waals surface area contributed by atoms with Crippen LogP contribution in [0.1, 0.15) is 16.1 Å². The van der Waals surface area contributed by atoms with Crippen LogP contribution in [0.2, 0.25) is 0 Å². The van der Waals surface area contributed by atoms with Crippen molar-refractivity contribution < 1.29 is 4.79 Å². The number of allylic oxidation sites excluding steroid dienone is 1. The van der Waals surface area contributed by atoms with Crippen LogP contribution in [-0.2, 0) is 7.05 Å². The molecule has 0 atom stereocenters. The number of hydrogen-bond donors (Lipinski definition) is 0. The van der Waals surface area contributed by atoms with E-state index in [1.807, 2.05) is 23.6 Å². The first-order valence-electron chi connectivity index (χ1n) is 6.30.